The highest BCUT2D eigenvalue weighted by molar-refractivity contribution is 6.32. The number of carbonyl (C=O) groups is 5. The number of aromatic nitrogens is 3. The monoisotopic (exact) mass is 1230 g/mol. The third kappa shape index (κ3) is 14.6. The first-order chi connectivity index (χ1) is 41.6. The first-order valence-electron chi connectivity index (χ1n) is 27.7. The maximum atomic E-state index is 16.3. The van der Waals surface area contributed by atoms with Crippen LogP contribution in [0.5, 0.6) is 0 Å². The van der Waals surface area contributed by atoms with Crippen LogP contribution in [0.15, 0.2) is 144 Å². The summed E-state index contributed by atoms with van der Waals surface area (Å²) in [6.45, 7) is 1.37. The summed E-state index contributed by atoms with van der Waals surface area (Å²) in [5.74, 6) is -2.54. The summed E-state index contributed by atoms with van der Waals surface area (Å²) in [7, 11) is 0. The number of nitrogens with two attached hydrogens (primary N) is 1. The number of nitrogens with one attached hydrogen (secondary N) is 2. The lowest BCUT2D eigenvalue weighted by Crippen LogP contribution is -2.59. The van der Waals surface area contributed by atoms with E-state index in [4.69, 9.17) is 54.5 Å². The molecule has 2 fully saturated rings. The van der Waals surface area contributed by atoms with E-state index in [1.807, 2.05) is 12.1 Å². The lowest BCUT2D eigenvalue weighted by atomic mass is 10.1. The average molecular weight is 1230 g/mol. The quantitative estimate of drug-likeness (QED) is 0.0604. The molecule has 25 heteroatoms. The minimum Gasteiger partial charge on any atom is -0.447 e. The third-order valence-corrected chi connectivity index (χ3v) is 15.9. The maximum absolute atomic E-state index is 16.3. The van der Waals surface area contributed by atoms with E-state index in [0.29, 0.717) is 62.5 Å². The van der Waals surface area contributed by atoms with Crippen molar-refractivity contribution in [1.82, 2.24) is 40.4 Å². The molecule has 8 aromatic rings. The number of benzene rings is 5. The molecule has 0 bridgehead atoms. The number of hydrogen-bond donors (Lipinski definition) is 3. The molecule has 5 aromatic carbocycles. The van der Waals surface area contributed by atoms with Gasteiger partial charge in [-0.2, -0.15) is 5.01 Å². The molecule has 2 atom stereocenters. The van der Waals surface area contributed by atoms with Crippen LogP contribution >= 0.6 is 34.8 Å². The summed E-state index contributed by atoms with van der Waals surface area (Å²) in [5, 5.41) is 11.9. The topological polar surface area (TPSA) is 225 Å². The van der Waals surface area contributed by atoms with Crippen LogP contribution in [-0.4, -0.2) is 129 Å². The molecule has 20 nitrogen and oxygen atoms in total. The van der Waals surface area contributed by atoms with E-state index in [1.165, 1.54) is 60.7 Å². The lowest BCUT2D eigenvalue weighted by molar-refractivity contribution is -0.139. The van der Waals surface area contributed by atoms with Gasteiger partial charge in [0.15, 0.2) is 5.82 Å². The smallest absolute Gasteiger partial charge is 0.435 e. The van der Waals surface area contributed by atoms with E-state index in [2.05, 4.69) is 30.8 Å². The predicted octanol–water partition coefficient (Wildman–Crippen LogP) is 11.2. The third-order valence-electron chi connectivity index (χ3n) is 14.8. The molecule has 0 spiro atoms. The molecular formula is C61H59Cl3F2N12O8. The van der Waals surface area contributed by atoms with Crippen molar-refractivity contribution in [3.8, 4) is 11.3 Å². The number of halogens is 5. The molecule has 1 aliphatic carbocycles. The number of fused-ring (bicyclic) bond motifs is 2. The van der Waals surface area contributed by atoms with Gasteiger partial charge >= 0.3 is 18.2 Å². The van der Waals surface area contributed by atoms with Crippen molar-refractivity contribution < 1.29 is 46.8 Å². The standard InChI is InChI=1S/C61H59Cl3F2N12O8/c1-38(79)77(70-34-44-14-7-17-50(65)57(44)63)48(21-22-56(80)74-25-23-73(24-26-74)47-19-20-47)36-85-61(83)78(54-29-40-10-3-5-12-43(40)33-69-54)75(35-45-15-8-18-51(66)58(45)64)60(82)76(53-28-39-9-2-4-11-42(39)32-68-53)49(31-67)37-84-59(81)71-55-30-52(72-86-55)41-13-6-16-46(62)27-41/h2-18,27-30,32-33,47-49,70H,19-26,31,34-37,67H2,1H3,(H,71,81)/t48-,49-/m0/s1. The van der Waals surface area contributed by atoms with Crippen molar-refractivity contribution in [3.63, 3.8) is 0 Å². The van der Waals surface area contributed by atoms with E-state index >= 15 is 14.0 Å². The van der Waals surface area contributed by atoms with Crippen LogP contribution in [-0.2, 0) is 32.2 Å². The Balaban J connectivity index is 1.01. The second-order valence-corrected chi connectivity index (χ2v) is 21.8. The average Bonchev–Trinajstić information content (AvgIpc) is 2.11. The number of anilines is 3. The van der Waals surface area contributed by atoms with Gasteiger partial charge in [0, 0.05) is 98.5 Å². The second kappa shape index (κ2) is 27.7. The van der Waals surface area contributed by atoms with Gasteiger partial charge in [-0.3, -0.25) is 29.7 Å². The van der Waals surface area contributed by atoms with Gasteiger partial charge in [0.1, 0.15) is 36.4 Å². The highest BCUT2D eigenvalue weighted by Gasteiger charge is 2.40. The van der Waals surface area contributed by atoms with Gasteiger partial charge in [-0.15, -0.1) is 0 Å². The van der Waals surface area contributed by atoms with E-state index < -0.39 is 67.6 Å². The molecule has 4 N–H and O–H groups in total. The maximum Gasteiger partial charge on any atom is 0.435 e. The molecule has 86 heavy (non-hydrogen) atoms. The van der Waals surface area contributed by atoms with Crippen LogP contribution in [0.1, 0.15) is 43.7 Å². The van der Waals surface area contributed by atoms with Gasteiger partial charge in [0.05, 0.1) is 28.7 Å². The SMILES string of the molecule is CC(=O)N(NCc1cccc(F)c1Cl)[C@@H](CCC(=O)N1CCN(C2CC2)CC1)COC(=O)N(c1cc2ccccc2cn1)N(Cc1cccc(F)c1Cl)C(=O)N(c1cc2ccccc2cn1)[C@@H](CN)COC(=O)Nc1cc(-c2cccc(Cl)c2)no1. The molecule has 10 rings (SSSR count). The number of ether oxygens (including phenoxy) is 2. The zero-order valence-corrected chi connectivity index (χ0v) is 48.7. The van der Waals surface area contributed by atoms with Crippen LogP contribution in [0.4, 0.5) is 40.7 Å². The molecule has 0 unspecified atom stereocenters. The number of urea groups is 1. The number of amides is 6. The summed E-state index contributed by atoms with van der Waals surface area (Å²) in [5.41, 5.74) is 10.9. The van der Waals surface area contributed by atoms with Crippen LogP contribution in [0.2, 0.25) is 15.1 Å². The van der Waals surface area contributed by atoms with Gasteiger partial charge in [-0.05, 0) is 77.6 Å². The normalized spacial score (nSPS) is 14.1. The van der Waals surface area contributed by atoms with Crippen LogP contribution in [0.25, 0.3) is 32.8 Å². The zero-order valence-electron chi connectivity index (χ0n) is 46.5. The second-order valence-electron chi connectivity index (χ2n) is 20.6. The summed E-state index contributed by atoms with van der Waals surface area (Å²) in [6.07, 6.45) is 2.88. The van der Waals surface area contributed by atoms with E-state index in [0.717, 1.165) is 46.9 Å². The van der Waals surface area contributed by atoms with Gasteiger partial charge in [0.2, 0.25) is 17.7 Å². The van der Waals surface area contributed by atoms with Crippen molar-refractivity contribution in [1.29, 1.82) is 0 Å². The number of rotatable bonds is 20. The Kier molecular flexibility index (Phi) is 19.5. The van der Waals surface area contributed by atoms with Crippen LogP contribution in [0, 0.1) is 11.6 Å². The van der Waals surface area contributed by atoms with Gasteiger partial charge in [-0.1, -0.05) is 125 Å². The molecule has 1 saturated carbocycles. The Morgan fingerprint density at radius 1 is 0.733 bits per heavy atom. The number of pyridine rings is 2. The number of nitrogens with zero attached hydrogens (tertiary/aromatic N) is 9. The lowest BCUT2D eigenvalue weighted by Gasteiger charge is -2.39. The van der Waals surface area contributed by atoms with Crippen molar-refractivity contribution in [2.24, 2.45) is 5.73 Å². The van der Waals surface area contributed by atoms with Gasteiger partial charge in [-0.25, -0.2) is 43.6 Å². The Morgan fingerprint density at radius 2 is 1.35 bits per heavy atom. The van der Waals surface area contributed by atoms with Gasteiger partial charge in [0.25, 0.3) is 0 Å². The predicted molar refractivity (Wildman–Crippen MR) is 322 cm³/mol. The molecule has 4 heterocycles. The molecule has 1 aliphatic heterocycles. The highest BCUT2D eigenvalue weighted by Crippen LogP contribution is 2.32. The first-order valence-corrected chi connectivity index (χ1v) is 28.8. The van der Waals surface area contributed by atoms with Crippen LogP contribution in [0.3, 0.4) is 0 Å². The van der Waals surface area contributed by atoms with Crippen molar-refractivity contribution in [2.45, 2.75) is 63.8 Å². The Morgan fingerprint density at radius 3 is 2.00 bits per heavy atom. The summed E-state index contributed by atoms with van der Waals surface area (Å²) >= 11 is 19.3. The first kappa shape index (κ1) is 60.6. The fourth-order valence-corrected chi connectivity index (χ4v) is 10.7. The summed E-state index contributed by atoms with van der Waals surface area (Å²) in [4.78, 5) is 87.9. The number of carbonyl (C=O) groups excluding carboxylic acids is 5. The number of hydrogen-bond acceptors (Lipinski definition) is 14. The molecule has 2 aliphatic rings. The molecular weight excluding hydrogens is 1170 g/mol. The molecule has 3 aromatic heterocycles. The Hall–Kier alpha value is -8.51. The summed E-state index contributed by atoms with van der Waals surface area (Å²) < 4.78 is 47.7. The Bertz CT molecular complexity index is 3780. The Labute approximate surface area is 508 Å². The van der Waals surface area contributed by atoms with Crippen molar-refractivity contribution >= 4 is 104 Å². The van der Waals surface area contributed by atoms with Crippen LogP contribution < -0.4 is 26.4 Å². The fourth-order valence-electron chi connectivity index (χ4n) is 10.1. The fraction of sp³-hybridized carbons (Fsp3) is 0.279. The summed E-state index contributed by atoms with van der Waals surface area (Å²) in [6, 6.07) is 31.0. The van der Waals surface area contributed by atoms with E-state index in [-0.39, 0.29) is 65.0 Å². The number of hydrazine groups is 2. The minimum atomic E-state index is -1.27. The zero-order chi connectivity index (χ0) is 60.4. The molecule has 1 saturated heterocycles. The number of piperazine rings is 1. The molecule has 0 radical (unpaired) electrons. The van der Waals surface area contributed by atoms with Crippen molar-refractivity contribution in [2.75, 3.05) is 61.2 Å². The van der Waals surface area contributed by atoms with E-state index in [9.17, 15) is 18.8 Å². The van der Waals surface area contributed by atoms with Crippen molar-refractivity contribution in [3.05, 3.63) is 178 Å². The van der Waals surface area contributed by atoms with E-state index in [1.54, 1.807) is 77.7 Å². The minimum absolute atomic E-state index is 0.0199. The molecule has 446 valence electrons. The highest BCUT2D eigenvalue weighted by atomic mass is 35.5. The molecule has 6 amide bonds. The largest absolute Gasteiger partial charge is 0.447 e. The van der Waals surface area contributed by atoms with Gasteiger partial charge < -0.3 is 24.6 Å².